The number of hydrogen-bond acceptors (Lipinski definition) is 7. The van der Waals surface area contributed by atoms with Crippen LogP contribution in [-0.4, -0.2) is 36.3 Å². The Morgan fingerprint density at radius 1 is 1.30 bits per heavy atom. The second kappa shape index (κ2) is 10.7. The molecule has 3 aromatic rings. The van der Waals surface area contributed by atoms with Crippen molar-refractivity contribution in [3.8, 4) is 0 Å². The molecule has 2 aromatic carbocycles. The summed E-state index contributed by atoms with van der Waals surface area (Å²) in [5, 5.41) is 11.9. The Hall–Kier alpha value is -3.83. The van der Waals surface area contributed by atoms with Gasteiger partial charge in [0.15, 0.2) is 5.58 Å². The van der Waals surface area contributed by atoms with Crippen LogP contribution >= 0.6 is 0 Å². The number of fused-ring (bicyclic) bond motifs is 2. The molecule has 0 spiro atoms. The SMILES string of the molecule is C=C(C)c1cc2nc(NC3=CCCCc4cc(C(=O)NOCCO)ccc4N3C)oc2cc1C(F)(F)F. The molecule has 0 radical (unpaired) electrons. The Labute approximate surface area is 211 Å². The Morgan fingerprint density at radius 2 is 2.08 bits per heavy atom. The summed E-state index contributed by atoms with van der Waals surface area (Å²) in [5.74, 6) is 0.209. The van der Waals surface area contributed by atoms with Crippen molar-refractivity contribution < 1.29 is 32.3 Å². The molecule has 8 nitrogen and oxygen atoms in total. The molecule has 0 saturated heterocycles. The van der Waals surface area contributed by atoms with Gasteiger partial charge in [-0.15, -0.1) is 0 Å². The van der Waals surface area contributed by atoms with E-state index in [1.54, 1.807) is 18.2 Å². The molecule has 0 aliphatic carbocycles. The van der Waals surface area contributed by atoms with Crippen molar-refractivity contribution in [2.24, 2.45) is 0 Å². The number of carbonyl (C=O) groups excluding carboxylic acids is 1. The molecule has 196 valence electrons. The summed E-state index contributed by atoms with van der Waals surface area (Å²) < 4.78 is 46.4. The number of hydrogen-bond donors (Lipinski definition) is 3. The van der Waals surface area contributed by atoms with Gasteiger partial charge in [-0.3, -0.25) is 14.9 Å². The number of halogens is 3. The minimum atomic E-state index is -4.56. The van der Waals surface area contributed by atoms with E-state index in [0.717, 1.165) is 30.2 Å². The number of nitrogens with zero attached hydrogens (tertiary/aromatic N) is 2. The van der Waals surface area contributed by atoms with Crippen LogP contribution in [0.3, 0.4) is 0 Å². The van der Waals surface area contributed by atoms with E-state index in [4.69, 9.17) is 14.4 Å². The number of oxazole rings is 1. The monoisotopic (exact) mass is 516 g/mol. The molecule has 0 fully saturated rings. The van der Waals surface area contributed by atoms with Gasteiger partial charge in [-0.2, -0.15) is 18.2 Å². The van der Waals surface area contributed by atoms with Gasteiger partial charge in [0.2, 0.25) is 0 Å². The number of aryl methyl sites for hydroxylation is 1. The highest BCUT2D eigenvalue weighted by Gasteiger charge is 2.34. The molecule has 4 rings (SSSR count). The molecule has 0 atom stereocenters. The number of alkyl halides is 3. The molecular weight excluding hydrogens is 489 g/mol. The molecular formula is C26H27F3N4O4. The Balaban J connectivity index is 1.60. The van der Waals surface area contributed by atoms with Crippen LogP contribution in [0.15, 0.2) is 53.2 Å². The highest BCUT2D eigenvalue weighted by molar-refractivity contribution is 5.94. The third kappa shape index (κ3) is 5.78. The first-order valence-electron chi connectivity index (χ1n) is 11.6. The third-order valence-electron chi connectivity index (χ3n) is 5.94. The minimum absolute atomic E-state index is 0.00777. The number of amides is 1. The average molecular weight is 517 g/mol. The summed E-state index contributed by atoms with van der Waals surface area (Å²) in [4.78, 5) is 23.5. The van der Waals surface area contributed by atoms with Crippen LogP contribution in [-0.2, 0) is 17.4 Å². The number of benzene rings is 2. The third-order valence-corrected chi connectivity index (χ3v) is 5.94. The zero-order valence-corrected chi connectivity index (χ0v) is 20.4. The number of rotatable bonds is 7. The van der Waals surface area contributed by atoms with Crippen LogP contribution in [0.2, 0.25) is 0 Å². The Kier molecular flexibility index (Phi) is 7.55. The number of carbonyl (C=O) groups is 1. The maximum Gasteiger partial charge on any atom is 0.417 e. The highest BCUT2D eigenvalue weighted by atomic mass is 19.4. The van der Waals surface area contributed by atoms with Gasteiger partial charge in [-0.1, -0.05) is 12.2 Å². The lowest BCUT2D eigenvalue weighted by Crippen LogP contribution is -2.27. The predicted octanol–water partition coefficient (Wildman–Crippen LogP) is 5.26. The van der Waals surface area contributed by atoms with Crippen molar-refractivity contribution in [2.75, 3.05) is 30.5 Å². The Morgan fingerprint density at radius 3 is 2.78 bits per heavy atom. The second-order valence-electron chi connectivity index (χ2n) is 8.67. The van der Waals surface area contributed by atoms with Crippen LogP contribution in [0.4, 0.5) is 24.9 Å². The first-order chi connectivity index (χ1) is 17.6. The van der Waals surface area contributed by atoms with Crippen molar-refractivity contribution in [3.05, 3.63) is 71.1 Å². The zero-order chi connectivity index (χ0) is 26.7. The van der Waals surface area contributed by atoms with E-state index >= 15 is 0 Å². The molecule has 3 N–H and O–H groups in total. The first kappa shape index (κ1) is 26.2. The molecule has 1 aromatic heterocycles. The molecule has 2 heterocycles. The number of aliphatic hydroxyl groups excluding tert-OH is 1. The zero-order valence-electron chi connectivity index (χ0n) is 20.4. The van der Waals surface area contributed by atoms with Crippen LogP contribution < -0.4 is 15.7 Å². The highest BCUT2D eigenvalue weighted by Crippen LogP contribution is 2.38. The summed E-state index contributed by atoms with van der Waals surface area (Å²) in [7, 11) is 1.83. The van der Waals surface area contributed by atoms with Crippen molar-refractivity contribution in [3.63, 3.8) is 0 Å². The maximum absolute atomic E-state index is 13.6. The number of aliphatic hydroxyl groups is 1. The normalized spacial score (nSPS) is 14.0. The minimum Gasteiger partial charge on any atom is -0.423 e. The molecule has 0 saturated carbocycles. The predicted molar refractivity (Wildman–Crippen MR) is 134 cm³/mol. The van der Waals surface area contributed by atoms with Crippen LogP contribution in [0.1, 0.15) is 46.8 Å². The Bertz CT molecular complexity index is 1360. The number of anilines is 2. The van der Waals surface area contributed by atoms with E-state index in [-0.39, 0.29) is 41.5 Å². The van der Waals surface area contributed by atoms with Gasteiger partial charge in [0.25, 0.3) is 5.91 Å². The van der Waals surface area contributed by atoms with E-state index in [2.05, 4.69) is 22.4 Å². The van der Waals surface area contributed by atoms with Crippen molar-refractivity contribution in [1.82, 2.24) is 10.5 Å². The standard InChI is InChI=1S/C26H27F3N4O4/c1-15(2)18-13-20-22(14-19(18)26(27,28)29)37-25(30-20)31-23-7-5-4-6-16-12-17(8-9-21(16)33(23)3)24(35)32-36-11-10-34/h7-9,12-14,34H,1,4-6,10-11H2,2-3H3,(H,30,31)(H,32,35). The van der Waals surface area contributed by atoms with Gasteiger partial charge < -0.3 is 14.4 Å². The molecule has 0 unspecified atom stereocenters. The van der Waals surface area contributed by atoms with Gasteiger partial charge in [-0.25, -0.2) is 5.48 Å². The number of hydroxylamine groups is 1. The molecule has 0 bridgehead atoms. The molecule has 1 amide bonds. The summed E-state index contributed by atoms with van der Waals surface area (Å²) in [5.41, 5.74) is 4.19. The lowest BCUT2D eigenvalue weighted by Gasteiger charge is -2.27. The molecule has 37 heavy (non-hydrogen) atoms. The van der Waals surface area contributed by atoms with Gasteiger partial charge in [0, 0.05) is 18.3 Å². The first-order valence-corrected chi connectivity index (χ1v) is 11.6. The fourth-order valence-corrected chi connectivity index (χ4v) is 4.13. The van der Waals surface area contributed by atoms with Crippen molar-refractivity contribution in [1.29, 1.82) is 0 Å². The van der Waals surface area contributed by atoms with Crippen molar-refractivity contribution >= 4 is 34.3 Å². The van der Waals surface area contributed by atoms with E-state index in [1.165, 1.54) is 13.0 Å². The van der Waals surface area contributed by atoms with Gasteiger partial charge >= 0.3 is 12.2 Å². The van der Waals surface area contributed by atoms with E-state index in [0.29, 0.717) is 17.8 Å². The average Bonchev–Trinajstić information content (AvgIpc) is 3.24. The summed E-state index contributed by atoms with van der Waals surface area (Å²) >= 11 is 0. The smallest absolute Gasteiger partial charge is 0.417 e. The van der Waals surface area contributed by atoms with Gasteiger partial charge in [0.05, 0.1) is 18.8 Å². The van der Waals surface area contributed by atoms with Crippen LogP contribution in [0, 0.1) is 0 Å². The fraction of sp³-hybridized carbons (Fsp3) is 0.308. The lowest BCUT2D eigenvalue weighted by molar-refractivity contribution is -0.137. The lowest BCUT2D eigenvalue weighted by atomic mass is 10.0. The van der Waals surface area contributed by atoms with E-state index in [1.807, 2.05) is 18.0 Å². The second-order valence-corrected chi connectivity index (χ2v) is 8.67. The number of nitrogens with one attached hydrogen (secondary N) is 2. The van der Waals surface area contributed by atoms with Crippen molar-refractivity contribution in [2.45, 2.75) is 32.4 Å². The van der Waals surface area contributed by atoms with Crippen LogP contribution in [0.5, 0.6) is 0 Å². The molecule has 11 heteroatoms. The summed E-state index contributed by atoms with van der Waals surface area (Å²) in [6, 6.07) is 7.57. The van der Waals surface area contributed by atoms with Crippen LogP contribution in [0.25, 0.3) is 16.7 Å². The van der Waals surface area contributed by atoms with Gasteiger partial charge in [0.1, 0.15) is 11.3 Å². The molecule has 1 aliphatic heterocycles. The number of allylic oxidation sites excluding steroid dienone is 2. The fourth-order valence-electron chi connectivity index (χ4n) is 4.13. The molecule has 1 aliphatic rings. The van der Waals surface area contributed by atoms with E-state index in [9.17, 15) is 18.0 Å². The maximum atomic E-state index is 13.6. The quantitative estimate of drug-likeness (QED) is 0.291. The summed E-state index contributed by atoms with van der Waals surface area (Å²) in [6.07, 6.45) is -0.352. The largest absolute Gasteiger partial charge is 0.423 e. The van der Waals surface area contributed by atoms with Gasteiger partial charge in [-0.05, 0) is 73.7 Å². The summed E-state index contributed by atoms with van der Waals surface area (Å²) in [6.45, 7) is 4.95. The number of aromatic nitrogens is 1. The van der Waals surface area contributed by atoms with E-state index < -0.39 is 17.6 Å². The topological polar surface area (TPSA) is 99.9 Å².